The van der Waals surface area contributed by atoms with E-state index in [0.717, 1.165) is 44.0 Å². The van der Waals surface area contributed by atoms with Crippen LogP contribution in [0.4, 0.5) is 0 Å². The summed E-state index contributed by atoms with van der Waals surface area (Å²) in [5, 5.41) is 13.8. The van der Waals surface area contributed by atoms with Gasteiger partial charge in [-0.3, -0.25) is 9.69 Å². The molecule has 0 bridgehead atoms. The van der Waals surface area contributed by atoms with E-state index in [9.17, 15) is 0 Å². The first-order valence-electron chi connectivity index (χ1n) is 8.91. The number of hydrogen-bond donors (Lipinski definition) is 0. The number of likely N-dealkylation sites (N-methyl/N-ethyl adjacent to an activating group) is 1. The number of hydrazone groups is 1. The molecule has 6 heteroatoms. The summed E-state index contributed by atoms with van der Waals surface area (Å²) in [6, 6.07) is 14.6. The average Bonchev–Trinajstić information content (AvgIpc) is 3.32. The third-order valence-corrected chi connectivity index (χ3v) is 5.45. The lowest BCUT2D eigenvalue weighted by Crippen LogP contribution is -2.41. The van der Waals surface area contributed by atoms with Crippen molar-refractivity contribution in [2.75, 3.05) is 33.2 Å². The monoisotopic (exact) mass is 365 g/mol. The van der Waals surface area contributed by atoms with Crippen LogP contribution in [0.25, 0.3) is 10.6 Å². The van der Waals surface area contributed by atoms with Crippen molar-refractivity contribution in [3.63, 3.8) is 0 Å². The number of piperazine rings is 1. The number of rotatable bonds is 5. The van der Waals surface area contributed by atoms with Gasteiger partial charge in [-0.25, -0.2) is 0 Å². The molecule has 134 valence electrons. The van der Waals surface area contributed by atoms with Crippen molar-refractivity contribution in [1.82, 2.24) is 19.7 Å². The molecule has 4 rings (SSSR count). The zero-order valence-electron chi connectivity index (χ0n) is 15.0. The normalized spacial score (nSPS) is 15.8. The molecule has 1 aliphatic heterocycles. The minimum atomic E-state index is 0.765. The molecule has 0 unspecified atom stereocenters. The van der Waals surface area contributed by atoms with Gasteiger partial charge in [0.15, 0.2) is 0 Å². The highest BCUT2D eigenvalue weighted by molar-refractivity contribution is 7.13. The van der Waals surface area contributed by atoms with E-state index in [1.165, 1.54) is 10.4 Å². The molecule has 3 aromatic rings. The maximum absolute atomic E-state index is 4.83. The molecule has 26 heavy (non-hydrogen) atoms. The molecule has 0 atom stereocenters. The van der Waals surface area contributed by atoms with Crippen LogP contribution in [0, 0.1) is 0 Å². The lowest BCUT2D eigenvalue weighted by molar-refractivity contribution is 0.159. The van der Waals surface area contributed by atoms with Crippen molar-refractivity contribution in [1.29, 1.82) is 0 Å². The van der Waals surface area contributed by atoms with Crippen LogP contribution in [0.15, 0.2) is 59.1 Å². The fraction of sp³-hybridized carbons (Fsp3) is 0.300. The SMILES string of the molecule is CN1CCN(/N=C\c2cn(Cc3ccccc3)nc2-c2cccs2)CC1. The smallest absolute Gasteiger partial charge is 0.111 e. The summed E-state index contributed by atoms with van der Waals surface area (Å²) < 4.78 is 2.01. The van der Waals surface area contributed by atoms with Crippen LogP contribution in [-0.4, -0.2) is 59.1 Å². The Labute approximate surface area is 158 Å². The van der Waals surface area contributed by atoms with Gasteiger partial charge >= 0.3 is 0 Å². The topological polar surface area (TPSA) is 36.7 Å². The Hall–Kier alpha value is -2.44. The van der Waals surface area contributed by atoms with E-state index in [1.54, 1.807) is 11.3 Å². The van der Waals surface area contributed by atoms with Gasteiger partial charge in [0.25, 0.3) is 0 Å². The minimum Gasteiger partial charge on any atom is -0.303 e. The highest BCUT2D eigenvalue weighted by Crippen LogP contribution is 2.26. The van der Waals surface area contributed by atoms with Crippen molar-refractivity contribution >= 4 is 17.6 Å². The summed E-state index contributed by atoms with van der Waals surface area (Å²) >= 11 is 1.71. The number of aromatic nitrogens is 2. The largest absolute Gasteiger partial charge is 0.303 e. The Morgan fingerprint density at radius 3 is 2.62 bits per heavy atom. The number of thiophene rings is 1. The summed E-state index contributed by atoms with van der Waals surface area (Å²) in [5.41, 5.74) is 3.33. The van der Waals surface area contributed by atoms with Gasteiger partial charge in [-0.15, -0.1) is 11.3 Å². The zero-order valence-corrected chi connectivity index (χ0v) is 15.8. The highest BCUT2D eigenvalue weighted by atomic mass is 32.1. The molecule has 5 nitrogen and oxygen atoms in total. The van der Waals surface area contributed by atoms with Gasteiger partial charge in [-0.1, -0.05) is 36.4 Å². The molecular formula is C20H23N5S. The Morgan fingerprint density at radius 2 is 1.88 bits per heavy atom. The predicted molar refractivity (Wildman–Crippen MR) is 108 cm³/mol. The van der Waals surface area contributed by atoms with E-state index in [4.69, 9.17) is 10.2 Å². The number of benzene rings is 1. The van der Waals surface area contributed by atoms with Gasteiger partial charge in [-0.2, -0.15) is 10.2 Å². The number of nitrogens with zero attached hydrogens (tertiary/aromatic N) is 5. The van der Waals surface area contributed by atoms with Crippen LogP contribution in [0.2, 0.25) is 0 Å². The van der Waals surface area contributed by atoms with Crippen LogP contribution < -0.4 is 0 Å². The molecule has 0 radical (unpaired) electrons. The van der Waals surface area contributed by atoms with Crippen LogP contribution in [-0.2, 0) is 6.54 Å². The molecule has 1 aromatic carbocycles. The van der Waals surface area contributed by atoms with Crippen LogP contribution in [0.5, 0.6) is 0 Å². The molecule has 2 aromatic heterocycles. The molecular weight excluding hydrogens is 342 g/mol. The fourth-order valence-corrected chi connectivity index (χ4v) is 3.77. The van der Waals surface area contributed by atoms with Crippen LogP contribution in [0.1, 0.15) is 11.1 Å². The Morgan fingerprint density at radius 1 is 1.08 bits per heavy atom. The van der Waals surface area contributed by atoms with Gasteiger partial charge in [0, 0.05) is 37.9 Å². The molecule has 0 spiro atoms. The highest BCUT2D eigenvalue weighted by Gasteiger charge is 2.14. The van der Waals surface area contributed by atoms with Gasteiger partial charge in [0.05, 0.1) is 17.6 Å². The Balaban J connectivity index is 1.58. The minimum absolute atomic E-state index is 0.765. The Bertz CT molecular complexity index is 846. The molecule has 0 amide bonds. The second kappa shape index (κ2) is 7.85. The molecule has 0 aliphatic carbocycles. The van der Waals surface area contributed by atoms with Gasteiger partial charge in [-0.05, 0) is 24.1 Å². The molecule has 3 heterocycles. The maximum Gasteiger partial charge on any atom is 0.111 e. The second-order valence-electron chi connectivity index (χ2n) is 6.60. The lowest BCUT2D eigenvalue weighted by Gasteiger charge is -2.30. The summed E-state index contributed by atoms with van der Waals surface area (Å²) in [4.78, 5) is 3.51. The van der Waals surface area contributed by atoms with Gasteiger partial charge in [0.1, 0.15) is 5.69 Å². The van der Waals surface area contributed by atoms with Crippen LogP contribution in [0.3, 0.4) is 0 Å². The first-order valence-corrected chi connectivity index (χ1v) is 9.78. The number of hydrogen-bond acceptors (Lipinski definition) is 5. The van der Waals surface area contributed by atoms with Crippen molar-refractivity contribution in [2.24, 2.45) is 5.10 Å². The van der Waals surface area contributed by atoms with Crippen molar-refractivity contribution in [3.05, 3.63) is 65.2 Å². The Kier molecular flexibility index (Phi) is 5.13. The first-order chi connectivity index (χ1) is 12.8. The standard InChI is InChI=1S/C20H23N5S/c1-23-9-11-24(12-10-23)21-14-18-16-25(15-17-6-3-2-4-7-17)22-20(18)19-8-5-13-26-19/h2-8,13-14,16H,9-12,15H2,1H3/b21-14-. The average molecular weight is 366 g/mol. The summed E-state index contributed by atoms with van der Waals surface area (Å²) in [6.07, 6.45) is 4.07. The van der Waals surface area contributed by atoms with Crippen LogP contribution >= 0.6 is 11.3 Å². The maximum atomic E-state index is 4.83. The molecule has 0 N–H and O–H groups in total. The van der Waals surface area contributed by atoms with E-state index < -0.39 is 0 Å². The quantitative estimate of drug-likeness (QED) is 0.651. The van der Waals surface area contributed by atoms with E-state index in [2.05, 4.69) is 64.9 Å². The lowest BCUT2D eigenvalue weighted by atomic mass is 10.2. The molecule has 0 saturated carbocycles. The van der Waals surface area contributed by atoms with Gasteiger partial charge in [0.2, 0.25) is 0 Å². The van der Waals surface area contributed by atoms with Crippen molar-refractivity contribution in [3.8, 4) is 10.6 Å². The summed E-state index contributed by atoms with van der Waals surface area (Å²) in [5.74, 6) is 0. The van der Waals surface area contributed by atoms with Gasteiger partial charge < -0.3 is 4.90 Å². The van der Waals surface area contributed by atoms with Crippen molar-refractivity contribution < 1.29 is 0 Å². The summed E-state index contributed by atoms with van der Waals surface area (Å²) in [7, 11) is 2.16. The van der Waals surface area contributed by atoms with E-state index in [1.807, 2.05) is 17.0 Å². The van der Waals surface area contributed by atoms with E-state index in [-0.39, 0.29) is 0 Å². The summed E-state index contributed by atoms with van der Waals surface area (Å²) in [6.45, 7) is 4.82. The predicted octanol–water partition coefficient (Wildman–Crippen LogP) is 3.24. The fourth-order valence-electron chi connectivity index (χ4n) is 3.04. The third kappa shape index (κ3) is 4.03. The van der Waals surface area contributed by atoms with E-state index in [0.29, 0.717) is 0 Å². The molecule has 1 fully saturated rings. The molecule has 1 saturated heterocycles. The van der Waals surface area contributed by atoms with Crippen molar-refractivity contribution in [2.45, 2.75) is 6.54 Å². The third-order valence-electron chi connectivity index (χ3n) is 4.57. The van der Waals surface area contributed by atoms with E-state index >= 15 is 0 Å². The molecule has 1 aliphatic rings. The zero-order chi connectivity index (χ0) is 17.8. The second-order valence-corrected chi connectivity index (χ2v) is 7.54. The first kappa shape index (κ1) is 17.0.